The standard InChI is InChI=1S/C15H25BrN2/c1-4-5-6-7-8-9-12(2)17-14-10-11-15(16)18-13(14)3/h10-12,17H,4-9H2,1-3H3. The summed E-state index contributed by atoms with van der Waals surface area (Å²) in [6.07, 6.45) is 7.98. The van der Waals surface area contributed by atoms with Gasteiger partial charge in [0.15, 0.2) is 0 Å². The van der Waals surface area contributed by atoms with Gasteiger partial charge in [-0.05, 0) is 48.3 Å². The lowest BCUT2D eigenvalue weighted by molar-refractivity contribution is 0.578. The van der Waals surface area contributed by atoms with Crippen LogP contribution in [0.5, 0.6) is 0 Å². The largest absolute Gasteiger partial charge is 0.381 e. The summed E-state index contributed by atoms with van der Waals surface area (Å²) in [4.78, 5) is 4.40. The molecule has 1 unspecified atom stereocenters. The third-order valence-corrected chi connectivity index (χ3v) is 3.64. The molecule has 0 saturated heterocycles. The molecule has 0 aliphatic carbocycles. The summed E-state index contributed by atoms with van der Waals surface area (Å²) < 4.78 is 0.901. The lowest BCUT2D eigenvalue weighted by Gasteiger charge is -2.16. The van der Waals surface area contributed by atoms with Crippen molar-refractivity contribution in [2.24, 2.45) is 0 Å². The van der Waals surface area contributed by atoms with Crippen LogP contribution in [0.1, 0.15) is 58.1 Å². The Morgan fingerprint density at radius 3 is 2.61 bits per heavy atom. The normalized spacial score (nSPS) is 12.4. The van der Waals surface area contributed by atoms with Crippen LogP contribution in [0.4, 0.5) is 5.69 Å². The molecule has 1 heterocycles. The monoisotopic (exact) mass is 312 g/mol. The van der Waals surface area contributed by atoms with E-state index in [1.54, 1.807) is 0 Å². The molecular formula is C15H25BrN2. The number of nitrogens with one attached hydrogen (secondary N) is 1. The molecule has 0 saturated carbocycles. The molecule has 0 amide bonds. The third kappa shape index (κ3) is 5.85. The van der Waals surface area contributed by atoms with Crippen molar-refractivity contribution in [2.75, 3.05) is 5.32 Å². The first-order valence-electron chi connectivity index (χ1n) is 7.03. The van der Waals surface area contributed by atoms with Crippen molar-refractivity contribution in [3.8, 4) is 0 Å². The fraction of sp³-hybridized carbons (Fsp3) is 0.667. The molecule has 1 N–H and O–H groups in total. The van der Waals surface area contributed by atoms with Crippen molar-refractivity contribution in [3.63, 3.8) is 0 Å². The minimum Gasteiger partial charge on any atom is -0.381 e. The zero-order valence-electron chi connectivity index (χ0n) is 11.8. The van der Waals surface area contributed by atoms with Crippen LogP contribution in [-0.4, -0.2) is 11.0 Å². The van der Waals surface area contributed by atoms with E-state index < -0.39 is 0 Å². The minimum absolute atomic E-state index is 0.522. The number of anilines is 1. The number of rotatable bonds is 8. The second kappa shape index (κ2) is 8.52. The number of hydrogen-bond donors (Lipinski definition) is 1. The number of hydrogen-bond acceptors (Lipinski definition) is 2. The van der Waals surface area contributed by atoms with E-state index >= 15 is 0 Å². The Kier molecular flexibility index (Phi) is 7.33. The van der Waals surface area contributed by atoms with Gasteiger partial charge >= 0.3 is 0 Å². The Labute approximate surface area is 120 Å². The molecule has 0 fully saturated rings. The van der Waals surface area contributed by atoms with Gasteiger partial charge in [-0.1, -0.05) is 39.0 Å². The maximum atomic E-state index is 4.40. The van der Waals surface area contributed by atoms with Crippen LogP contribution in [0.25, 0.3) is 0 Å². The van der Waals surface area contributed by atoms with E-state index in [4.69, 9.17) is 0 Å². The van der Waals surface area contributed by atoms with Crippen LogP contribution in [0.15, 0.2) is 16.7 Å². The summed E-state index contributed by atoms with van der Waals surface area (Å²) in [6.45, 7) is 6.55. The summed E-state index contributed by atoms with van der Waals surface area (Å²) in [5, 5.41) is 3.54. The van der Waals surface area contributed by atoms with E-state index in [-0.39, 0.29) is 0 Å². The predicted molar refractivity (Wildman–Crippen MR) is 83.1 cm³/mol. The summed E-state index contributed by atoms with van der Waals surface area (Å²) in [6, 6.07) is 4.61. The highest BCUT2D eigenvalue weighted by Gasteiger charge is 2.05. The van der Waals surface area contributed by atoms with Gasteiger partial charge in [0.1, 0.15) is 4.60 Å². The van der Waals surface area contributed by atoms with E-state index in [1.807, 2.05) is 13.0 Å². The molecular weight excluding hydrogens is 288 g/mol. The van der Waals surface area contributed by atoms with Gasteiger partial charge < -0.3 is 5.32 Å². The fourth-order valence-corrected chi connectivity index (χ4v) is 2.47. The Morgan fingerprint density at radius 1 is 1.22 bits per heavy atom. The number of pyridine rings is 1. The van der Waals surface area contributed by atoms with Crippen LogP contribution in [0.2, 0.25) is 0 Å². The highest BCUT2D eigenvalue weighted by atomic mass is 79.9. The van der Waals surface area contributed by atoms with Crippen molar-refractivity contribution in [1.29, 1.82) is 0 Å². The number of nitrogens with zero attached hydrogens (tertiary/aromatic N) is 1. The van der Waals surface area contributed by atoms with E-state index in [0.717, 1.165) is 16.0 Å². The molecule has 1 aromatic rings. The van der Waals surface area contributed by atoms with Crippen molar-refractivity contribution in [3.05, 3.63) is 22.4 Å². The van der Waals surface area contributed by atoms with Gasteiger partial charge in [-0.2, -0.15) is 0 Å². The van der Waals surface area contributed by atoms with E-state index in [1.165, 1.54) is 38.5 Å². The Bertz CT molecular complexity index is 352. The molecule has 3 heteroatoms. The first-order chi connectivity index (χ1) is 8.63. The number of aryl methyl sites for hydroxylation is 1. The number of aromatic nitrogens is 1. The fourth-order valence-electron chi connectivity index (χ4n) is 2.07. The molecule has 2 nitrogen and oxygen atoms in total. The minimum atomic E-state index is 0.522. The van der Waals surface area contributed by atoms with Crippen LogP contribution < -0.4 is 5.32 Å². The summed E-state index contributed by atoms with van der Waals surface area (Å²) in [5.41, 5.74) is 2.21. The Morgan fingerprint density at radius 2 is 1.94 bits per heavy atom. The molecule has 1 rings (SSSR count). The van der Waals surface area contributed by atoms with Gasteiger partial charge in [0.2, 0.25) is 0 Å². The molecule has 0 aliphatic heterocycles. The molecule has 0 radical (unpaired) electrons. The predicted octanol–water partition coefficient (Wildman–Crippen LogP) is 5.31. The maximum Gasteiger partial charge on any atom is 0.106 e. The molecule has 0 spiro atoms. The maximum absolute atomic E-state index is 4.40. The first-order valence-corrected chi connectivity index (χ1v) is 7.82. The van der Waals surface area contributed by atoms with Gasteiger partial charge in [-0.3, -0.25) is 0 Å². The molecule has 1 aromatic heterocycles. The van der Waals surface area contributed by atoms with E-state index in [0.29, 0.717) is 6.04 Å². The van der Waals surface area contributed by atoms with Gasteiger partial charge in [0.05, 0.1) is 11.4 Å². The van der Waals surface area contributed by atoms with Gasteiger partial charge in [-0.15, -0.1) is 0 Å². The van der Waals surface area contributed by atoms with Crippen molar-refractivity contribution < 1.29 is 0 Å². The van der Waals surface area contributed by atoms with Crippen molar-refractivity contribution in [2.45, 2.75) is 65.3 Å². The van der Waals surface area contributed by atoms with Gasteiger partial charge in [-0.25, -0.2) is 4.98 Å². The van der Waals surface area contributed by atoms with Crippen LogP contribution in [0, 0.1) is 6.92 Å². The van der Waals surface area contributed by atoms with Gasteiger partial charge in [0.25, 0.3) is 0 Å². The Balaban J connectivity index is 2.28. The van der Waals surface area contributed by atoms with Gasteiger partial charge in [0, 0.05) is 6.04 Å². The summed E-state index contributed by atoms with van der Waals surface area (Å²) in [5.74, 6) is 0. The summed E-state index contributed by atoms with van der Waals surface area (Å²) >= 11 is 3.39. The van der Waals surface area contributed by atoms with Crippen molar-refractivity contribution in [1.82, 2.24) is 4.98 Å². The van der Waals surface area contributed by atoms with Crippen molar-refractivity contribution >= 4 is 21.6 Å². The topological polar surface area (TPSA) is 24.9 Å². The highest BCUT2D eigenvalue weighted by molar-refractivity contribution is 9.10. The van der Waals surface area contributed by atoms with Crippen LogP contribution in [-0.2, 0) is 0 Å². The molecule has 0 bridgehead atoms. The average molecular weight is 313 g/mol. The zero-order chi connectivity index (χ0) is 13.4. The SMILES string of the molecule is CCCCCCCC(C)Nc1ccc(Br)nc1C. The molecule has 0 aromatic carbocycles. The molecule has 18 heavy (non-hydrogen) atoms. The van der Waals surface area contributed by atoms with Crippen LogP contribution in [0.3, 0.4) is 0 Å². The second-order valence-electron chi connectivity index (χ2n) is 5.02. The smallest absolute Gasteiger partial charge is 0.106 e. The highest BCUT2D eigenvalue weighted by Crippen LogP contribution is 2.18. The first kappa shape index (κ1) is 15.5. The molecule has 102 valence electrons. The van der Waals surface area contributed by atoms with E-state index in [2.05, 4.69) is 46.1 Å². The lowest BCUT2D eigenvalue weighted by atomic mass is 10.1. The lowest BCUT2D eigenvalue weighted by Crippen LogP contribution is -2.16. The molecule has 1 atom stereocenters. The third-order valence-electron chi connectivity index (χ3n) is 3.19. The van der Waals surface area contributed by atoms with E-state index in [9.17, 15) is 0 Å². The quantitative estimate of drug-likeness (QED) is 0.519. The zero-order valence-corrected chi connectivity index (χ0v) is 13.4. The second-order valence-corrected chi connectivity index (χ2v) is 5.83. The summed E-state index contributed by atoms with van der Waals surface area (Å²) in [7, 11) is 0. The molecule has 0 aliphatic rings. The average Bonchev–Trinajstić information content (AvgIpc) is 2.32. The number of unbranched alkanes of at least 4 members (excludes halogenated alkanes) is 4. The van der Waals surface area contributed by atoms with Crippen LogP contribution >= 0.6 is 15.9 Å². The Hall–Kier alpha value is -0.570. The number of halogens is 1.